The van der Waals surface area contributed by atoms with Crippen molar-refractivity contribution in [2.75, 3.05) is 13.2 Å². The first-order valence-electron chi connectivity index (χ1n) is 3.98. The first kappa shape index (κ1) is 8.02. The van der Waals surface area contributed by atoms with Crippen molar-refractivity contribution in [2.24, 2.45) is 0 Å². The predicted molar refractivity (Wildman–Crippen MR) is 39.5 cm³/mol. The van der Waals surface area contributed by atoms with Gasteiger partial charge in [-0.2, -0.15) is 0 Å². The molecule has 0 aromatic carbocycles. The third-order valence-electron chi connectivity index (χ3n) is 1.59. The molecule has 0 N–H and O–H groups in total. The van der Waals surface area contributed by atoms with Gasteiger partial charge in [0.2, 0.25) is 0 Å². The molecule has 2 heteroatoms. The van der Waals surface area contributed by atoms with Gasteiger partial charge >= 0.3 is 0 Å². The van der Waals surface area contributed by atoms with Crippen molar-refractivity contribution in [3.05, 3.63) is 6.61 Å². The zero-order chi connectivity index (χ0) is 7.23. The van der Waals surface area contributed by atoms with Gasteiger partial charge in [-0.15, -0.1) is 0 Å². The van der Waals surface area contributed by atoms with Gasteiger partial charge in [-0.3, -0.25) is 0 Å². The van der Waals surface area contributed by atoms with Crippen molar-refractivity contribution < 1.29 is 9.47 Å². The average Bonchev–Trinajstić information content (AvgIpc) is 2.41. The van der Waals surface area contributed by atoms with E-state index in [4.69, 9.17) is 9.47 Å². The minimum Gasteiger partial charge on any atom is -0.376 e. The Bertz CT molecular complexity index is 77.3. The Kier molecular flexibility index (Phi) is 3.76. The molecule has 0 aromatic heterocycles. The van der Waals surface area contributed by atoms with Crippen LogP contribution in [0.2, 0.25) is 0 Å². The van der Waals surface area contributed by atoms with Crippen LogP contribution in [0.25, 0.3) is 0 Å². The molecule has 1 saturated heterocycles. The lowest BCUT2D eigenvalue weighted by Gasteiger charge is -2.07. The van der Waals surface area contributed by atoms with Crippen molar-refractivity contribution >= 4 is 0 Å². The van der Waals surface area contributed by atoms with Crippen LogP contribution in [0.1, 0.15) is 26.2 Å². The summed E-state index contributed by atoms with van der Waals surface area (Å²) in [4.78, 5) is 0. The molecule has 2 nitrogen and oxygen atoms in total. The maximum atomic E-state index is 5.35. The van der Waals surface area contributed by atoms with E-state index < -0.39 is 0 Å². The first-order valence-corrected chi connectivity index (χ1v) is 3.98. The number of ether oxygens (including phenoxy) is 2. The SMILES string of the molecule is CC[CH]OCC1CCCO1. The second-order valence-electron chi connectivity index (χ2n) is 2.54. The summed E-state index contributed by atoms with van der Waals surface area (Å²) in [5.74, 6) is 0. The number of rotatable bonds is 4. The average molecular weight is 143 g/mol. The zero-order valence-corrected chi connectivity index (χ0v) is 6.51. The van der Waals surface area contributed by atoms with E-state index in [9.17, 15) is 0 Å². The van der Waals surface area contributed by atoms with Crippen LogP contribution in [-0.4, -0.2) is 19.3 Å². The first-order chi connectivity index (χ1) is 4.93. The standard InChI is InChI=1S/C8H15O2/c1-2-5-9-7-8-4-3-6-10-8/h5,8H,2-4,6-7H2,1H3. The van der Waals surface area contributed by atoms with Crippen LogP contribution in [0.15, 0.2) is 0 Å². The predicted octanol–water partition coefficient (Wildman–Crippen LogP) is 1.75. The fraction of sp³-hybridized carbons (Fsp3) is 0.875. The smallest absolute Gasteiger partial charge is 0.0835 e. The summed E-state index contributed by atoms with van der Waals surface area (Å²) in [5, 5.41) is 0. The van der Waals surface area contributed by atoms with Gasteiger partial charge in [-0.25, -0.2) is 0 Å². The summed E-state index contributed by atoms with van der Waals surface area (Å²) in [6.07, 6.45) is 3.70. The van der Waals surface area contributed by atoms with E-state index in [1.165, 1.54) is 6.42 Å². The Balaban J connectivity index is 1.91. The number of hydrogen-bond acceptors (Lipinski definition) is 2. The molecule has 1 fully saturated rings. The summed E-state index contributed by atoms with van der Waals surface area (Å²) in [5.41, 5.74) is 0. The fourth-order valence-corrected chi connectivity index (χ4v) is 1.07. The van der Waals surface area contributed by atoms with E-state index in [0.29, 0.717) is 6.10 Å². The summed E-state index contributed by atoms with van der Waals surface area (Å²) in [6.45, 7) is 5.56. The Morgan fingerprint density at radius 2 is 2.60 bits per heavy atom. The van der Waals surface area contributed by atoms with E-state index in [1.54, 1.807) is 0 Å². The minimum atomic E-state index is 0.364. The van der Waals surface area contributed by atoms with Crippen molar-refractivity contribution in [1.29, 1.82) is 0 Å². The van der Waals surface area contributed by atoms with Gasteiger partial charge in [0.15, 0.2) is 0 Å². The monoisotopic (exact) mass is 143 g/mol. The summed E-state index contributed by atoms with van der Waals surface area (Å²) in [6, 6.07) is 0. The fourth-order valence-electron chi connectivity index (χ4n) is 1.07. The van der Waals surface area contributed by atoms with Crippen LogP contribution in [0, 0.1) is 6.61 Å². The molecular formula is C8H15O2. The molecule has 1 atom stereocenters. The summed E-state index contributed by atoms with van der Waals surface area (Å²) >= 11 is 0. The second kappa shape index (κ2) is 4.69. The maximum Gasteiger partial charge on any atom is 0.0835 e. The van der Waals surface area contributed by atoms with Gasteiger partial charge in [0.1, 0.15) is 0 Å². The molecule has 1 unspecified atom stereocenters. The molecule has 1 aliphatic rings. The topological polar surface area (TPSA) is 18.5 Å². The third kappa shape index (κ3) is 2.67. The van der Waals surface area contributed by atoms with Gasteiger partial charge in [0.05, 0.1) is 19.3 Å². The van der Waals surface area contributed by atoms with Crippen molar-refractivity contribution in [1.82, 2.24) is 0 Å². The second-order valence-corrected chi connectivity index (χ2v) is 2.54. The van der Waals surface area contributed by atoms with Gasteiger partial charge in [-0.05, 0) is 19.3 Å². The third-order valence-corrected chi connectivity index (χ3v) is 1.59. The van der Waals surface area contributed by atoms with Crippen LogP contribution < -0.4 is 0 Å². The van der Waals surface area contributed by atoms with E-state index in [1.807, 2.05) is 6.61 Å². The highest BCUT2D eigenvalue weighted by Gasteiger charge is 2.14. The maximum absolute atomic E-state index is 5.35. The number of hydrogen-bond donors (Lipinski definition) is 0. The summed E-state index contributed by atoms with van der Waals surface area (Å²) in [7, 11) is 0. The highest BCUT2D eigenvalue weighted by Crippen LogP contribution is 2.12. The lowest BCUT2D eigenvalue weighted by molar-refractivity contribution is 0.0382. The molecule has 1 radical (unpaired) electrons. The minimum absolute atomic E-state index is 0.364. The molecule has 0 aromatic rings. The van der Waals surface area contributed by atoms with Gasteiger partial charge in [0.25, 0.3) is 0 Å². The van der Waals surface area contributed by atoms with Crippen molar-refractivity contribution in [3.8, 4) is 0 Å². The molecule has 1 heterocycles. The molecule has 0 bridgehead atoms. The molecule has 10 heavy (non-hydrogen) atoms. The quantitative estimate of drug-likeness (QED) is 0.558. The van der Waals surface area contributed by atoms with Crippen LogP contribution >= 0.6 is 0 Å². The summed E-state index contributed by atoms with van der Waals surface area (Å²) < 4.78 is 10.6. The Morgan fingerprint density at radius 1 is 1.70 bits per heavy atom. The van der Waals surface area contributed by atoms with Crippen molar-refractivity contribution in [2.45, 2.75) is 32.3 Å². The van der Waals surface area contributed by atoms with Crippen LogP contribution in [0.3, 0.4) is 0 Å². The lowest BCUT2D eigenvalue weighted by atomic mass is 10.2. The van der Waals surface area contributed by atoms with E-state index in [0.717, 1.165) is 26.1 Å². The lowest BCUT2D eigenvalue weighted by Crippen LogP contribution is -2.12. The normalized spacial score (nSPS) is 25.5. The molecule has 59 valence electrons. The van der Waals surface area contributed by atoms with Crippen LogP contribution in [-0.2, 0) is 9.47 Å². The molecule has 0 aliphatic carbocycles. The zero-order valence-electron chi connectivity index (χ0n) is 6.51. The van der Waals surface area contributed by atoms with E-state index in [-0.39, 0.29) is 0 Å². The highest BCUT2D eigenvalue weighted by atomic mass is 16.5. The largest absolute Gasteiger partial charge is 0.376 e. The van der Waals surface area contributed by atoms with Crippen molar-refractivity contribution in [3.63, 3.8) is 0 Å². The Hall–Kier alpha value is -0.0800. The Morgan fingerprint density at radius 3 is 3.20 bits per heavy atom. The highest BCUT2D eigenvalue weighted by molar-refractivity contribution is 4.64. The van der Waals surface area contributed by atoms with Crippen LogP contribution in [0.5, 0.6) is 0 Å². The van der Waals surface area contributed by atoms with E-state index in [2.05, 4.69) is 6.92 Å². The molecule has 0 saturated carbocycles. The van der Waals surface area contributed by atoms with Gasteiger partial charge in [0, 0.05) is 6.61 Å². The molecule has 0 amide bonds. The molecule has 1 rings (SSSR count). The van der Waals surface area contributed by atoms with E-state index >= 15 is 0 Å². The molecule has 0 spiro atoms. The van der Waals surface area contributed by atoms with Gasteiger partial charge < -0.3 is 9.47 Å². The van der Waals surface area contributed by atoms with Gasteiger partial charge in [-0.1, -0.05) is 6.92 Å². The Labute approximate surface area is 62.5 Å². The van der Waals surface area contributed by atoms with Crippen LogP contribution in [0.4, 0.5) is 0 Å². The molecular weight excluding hydrogens is 128 g/mol. The molecule has 1 aliphatic heterocycles.